The first-order valence-corrected chi connectivity index (χ1v) is 8.15. The molecule has 1 aromatic heterocycles. The number of hydrogen-bond acceptors (Lipinski definition) is 3. The Hall–Kier alpha value is -2.58. The van der Waals surface area contributed by atoms with Crippen molar-refractivity contribution >= 4 is 17.4 Å². The van der Waals surface area contributed by atoms with E-state index in [0.29, 0.717) is 22.0 Å². The third-order valence-electron chi connectivity index (χ3n) is 3.59. The van der Waals surface area contributed by atoms with E-state index < -0.39 is 18.6 Å². The van der Waals surface area contributed by atoms with Gasteiger partial charge in [0.1, 0.15) is 18.2 Å². The van der Waals surface area contributed by atoms with E-state index in [1.807, 2.05) is 0 Å². The summed E-state index contributed by atoms with van der Waals surface area (Å²) >= 11 is 5.89. The fourth-order valence-corrected chi connectivity index (χ4v) is 2.68. The average molecular weight is 400 g/mol. The Morgan fingerprint density at radius 3 is 2.44 bits per heavy atom. The summed E-state index contributed by atoms with van der Waals surface area (Å²) in [5, 5.41) is 4.73. The van der Waals surface area contributed by atoms with E-state index in [9.17, 15) is 17.6 Å². The van der Waals surface area contributed by atoms with E-state index in [0.717, 1.165) is 6.07 Å². The molecule has 0 atom stereocenters. The summed E-state index contributed by atoms with van der Waals surface area (Å²) in [6.45, 7) is -1.79. The zero-order chi connectivity index (χ0) is 19.6. The SMILES string of the molecule is Nc1cc(-c2cc(F)cc(COCC(F)(F)F)c2)n(-c2ccc(Cl)cc2)n1. The van der Waals surface area contributed by atoms with E-state index in [4.69, 9.17) is 17.3 Å². The number of rotatable bonds is 5. The van der Waals surface area contributed by atoms with Crippen LogP contribution in [0.4, 0.5) is 23.4 Å². The van der Waals surface area contributed by atoms with Gasteiger partial charge in [-0.05, 0) is 48.0 Å². The van der Waals surface area contributed by atoms with Crippen LogP contribution in [0.2, 0.25) is 5.02 Å². The molecule has 0 fully saturated rings. The second-order valence-electron chi connectivity index (χ2n) is 5.80. The van der Waals surface area contributed by atoms with Crippen molar-refractivity contribution in [3.8, 4) is 16.9 Å². The van der Waals surface area contributed by atoms with Crippen molar-refractivity contribution in [3.63, 3.8) is 0 Å². The van der Waals surface area contributed by atoms with Crippen LogP contribution < -0.4 is 5.73 Å². The van der Waals surface area contributed by atoms with Crippen molar-refractivity contribution in [2.24, 2.45) is 0 Å². The molecule has 0 saturated carbocycles. The maximum absolute atomic E-state index is 14.0. The van der Waals surface area contributed by atoms with E-state index in [1.54, 1.807) is 30.3 Å². The molecule has 3 rings (SSSR count). The van der Waals surface area contributed by atoms with Crippen LogP contribution in [0.1, 0.15) is 5.56 Å². The third kappa shape index (κ3) is 4.99. The number of nitrogens with two attached hydrogens (primary N) is 1. The molecule has 0 saturated heterocycles. The standard InChI is InChI=1S/C18H14ClF4N3O/c19-13-1-3-15(4-2-13)26-16(8-17(24)25-26)12-5-11(6-14(20)7-12)9-27-10-18(21,22)23/h1-8H,9-10H2,(H2,24,25). The highest BCUT2D eigenvalue weighted by molar-refractivity contribution is 6.30. The van der Waals surface area contributed by atoms with Crippen LogP contribution in [0, 0.1) is 5.82 Å². The van der Waals surface area contributed by atoms with Crippen LogP contribution in [-0.2, 0) is 11.3 Å². The lowest BCUT2D eigenvalue weighted by Crippen LogP contribution is -2.16. The van der Waals surface area contributed by atoms with Gasteiger partial charge in [0.05, 0.1) is 18.0 Å². The first-order chi connectivity index (χ1) is 12.7. The topological polar surface area (TPSA) is 53.1 Å². The molecule has 2 N–H and O–H groups in total. The molecule has 3 aromatic rings. The summed E-state index contributed by atoms with van der Waals surface area (Å²) in [4.78, 5) is 0. The van der Waals surface area contributed by atoms with Crippen LogP contribution in [0.5, 0.6) is 0 Å². The van der Waals surface area contributed by atoms with Gasteiger partial charge in [0.2, 0.25) is 0 Å². The van der Waals surface area contributed by atoms with Gasteiger partial charge in [0, 0.05) is 16.7 Å². The summed E-state index contributed by atoms with van der Waals surface area (Å²) in [5.74, 6) is -0.403. The number of halogens is 5. The second kappa shape index (κ2) is 7.58. The Bertz CT molecular complexity index is 939. The van der Waals surface area contributed by atoms with Gasteiger partial charge in [-0.3, -0.25) is 0 Å². The highest BCUT2D eigenvalue weighted by Crippen LogP contribution is 2.28. The molecule has 0 bridgehead atoms. The summed E-state index contributed by atoms with van der Waals surface area (Å²) in [5.41, 5.74) is 7.57. The average Bonchev–Trinajstić information content (AvgIpc) is 2.96. The smallest absolute Gasteiger partial charge is 0.382 e. The predicted octanol–water partition coefficient (Wildman–Crippen LogP) is 4.99. The Morgan fingerprint density at radius 2 is 1.78 bits per heavy atom. The molecule has 142 valence electrons. The van der Waals surface area contributed by atoms with Crippen LogP contribution in [-0.4, -0.2) is 22.6 Å². The number of nitrogens with zero attached hydrogens (tertiary/aromatic N) is 2. The molecule has 0 aliphatic heterocycles. The van der Waals surface area contributed by atoms with Gasteiger partial charge >= 0.3 is 6.18 Å². The minimum absolute atomic E-state index is 0.207. The number of aromatic nitrogens is 2. The quantitative estimate of drug-likeness (QED) is 0.615. The second-order valence-corrected chi connectivity index (χ2v) is 6.24. The summed E-state index contributed by atoms with van der Waals surface area (Å²) in [7, 11) is 0. The van der Waals surface area contributed by atoms with Crippen LogP contribution in [0.25, 0.3) is 16.9 Å². The van der Waals surface area contributed by atoms with Gasteiger partial charge in [0.15, 0.2) is 0 Å². The Kier molecular flexibility index (Phi) is 5.38. The van der Waals surface area contributed by atoms with Gasteiger partial charge in [0.25, 0.3) is 0 Å². The molecule has 27 heavy (non-hydrogen) atoms. The molecule has 4 nitrogen and oxygen atoms in total. The van der Waals surface area contributed by atoms with Crippen LogP contribution in [0.15, 0.2) is 48.5 Å². The van der Waals surface area contributed by atoms with Crippen molar-refractivity contribution in [3.05, 3.63) is 64.9 Å². The van der Waals surface area contributed by atoms with Crippen molar-refractivity contribution in [1.82, 2.24) is 9.78 Å². The number of ether oxygens (including phenoxy) is 1. The molecular weight excluding hydrogens is 386 g/mol. The normalized spacial score (nSPS) is 11.7. The van der Waals surface area contributed by atoms with Crippen LogP contribution >= 0.6 is 11.6 Å². The van der Waals surface area contributed by atoms with Gasteiger partial charge in [-0.2, -0.15) is 18.3 Å². The van der Waals surface area contributed by atoms with Gasteiger partial charge in [-0.25, -0.2) is 9.07 Å². The number of benzene rings is 2. The Labute approximate surface area is 157 Å². The van der Waals surface area contributed by atoms with E-state index >= 15 is 0 Å². The number of anilines is 1. The molecule has 0 aliphatic rings. The molecular formula is C18H14ClF4N3O. The predicted molar refractivity (Wildman–Crippen MR) is 94.1 cm³/mol. The van der Waals surface area contributed by atoms with Crippen molar-refractivity contribution in [2.45, 2.75) is 12.8 Å². The highest BCUT2D eigenvalue weighted by atomic mass is 35.5. The number of hydrogen-bond donors (Lipinski definition) is 1. The van der Waals surface area contributed by atoms with Gasteiger partial charge in [-0.1, -0.05) is 11.6 Å². The first-order valence-electron chi connectivity index (χ1n) is 7.77. The minimum Gasteiger partial charge on any atom is -0.382 e. The molecule has 0 unspecified atom stereocenters. The highest BCUT2D eigenvalue weighted by Gasteiger charge is 2.27. The fraction of sp³-hybridized carbons (Fsp3) is 0.167. The maximum Gasteiger partial charge on any atom is 0.411 e. The number of alkyl halides is 3. The van der Waals surface area contributed by atoms with E-state index in [2.05, 4.69) is 9.84 Å². The fourth-order valence-electron chi connectivity index (χ4n) is 2.55. The molecule has 9 heteroatoms. The molecule has 0 aliphatic carbocycles. The van der Waals surface area contributed by atoms with E-state index in [1.165, 1.54) is 16.8 Å². The molecule has 0 radical (unpaired) electrons. The zero-order valence-electron chi connectivity index (χ0n) is 13.8. The lowest BCUT2D eigenvalue weighted by Gasteiger charge is -2.11. The first kappa shape index (κ1) is 19.2. The number of nitrogen functional groups attached to an aromatic ring is 1. The monoisotopic (exact) mass is 399 g/mol. The Morgan fingerprint density at radius 1 is 1.07 bits per heavy atom. The van der Waals surface area contributed by atoms with Gasteiger partial charge in [-0.15, -0.1) is 0 Å². The lowest BCUT2D eigenvalue weighted by atomic mass is 10.1. The van der Waals surface area contributed by atoms with Crippen molar-refractivity contribution in [1.29, 1.82) is 0 Å². The molecule has 0 amide bonds. The van der Waals surface area contributed by atoms with E-state index in [-0.39, 0.29) is 18.0 Å². The molecule has 1 heterocycles. The zero-order valence-corrected chi connectivity index (χ0v) is 14.6. The largest absolute Gasteiger partial charge is 0.411 e. The Balaban J connectivity index is 1.93. The lowest BCUT2D eigenvalue weighted by molar-refractivity contribution is -0.176. The summed E-state index contributed by atoms with van der Waals surface area (Å²) < 4.78 is 56.8. The van der Waals surface area contributed by atoms with Gasteiger partial charge < -0.3 is 10.5 Å². The minimum atomic E-state index is -4.45. The summed E-state index contributed by atoms with van der Waals surface area (Å²) in [6, 6.07) is 12.2. The molecule has 0 spiro atoms. The van der Waals surface area contributed by atoms with Crippen molar-refractivity contribution < 1.29 is 22.3 Å². The van der Waals surface area contributed by atoms with Crippen LogP contribution in [0.3, 0.4) is 0 Å². The third-order valence-corrected chi connectivity index (χ3v) is 3.84. The van der Waals surface area contributed by atoms with Crippen molar-refractivity contribution in [2.75, 3.05) is 12.3 Å². The maximum atomic E-state index is 14.0. The molecule has 2 aromatic carbocycles. The summed E-state index contributed by atoms with van der Waals surface area (Å²) in [6.07, 6.45) is -4.45.